The first kappa shape index (κ1) is 19.4. The third kappa shape index (κ3) is 5.07. The van der Waals surface area contributed by atoms with Crippen molar-refractivity contribution in [3.05, 3.63) is 41.9 Å². The van der Waals surface area contributed by atoms with Crippen LogP contribution in [0.1, 0.15) is 28.8 Å². The predicted molar refractivity (Wildman–Crippen MR) is 105 cm³/mol. The van der Waals surface area contributed by atoms with Gasteiger partial charge in [-0.3, -0.25) is 9.48 Å². The molecule has 0 N–H and O–H groups in total. The van der Waals surface area contributed by atoms with Crippen LogP contribution >= 0.6 is 0 Å². The zero-order valence-electron chi connectivity index (χ0n) is 16.5. The Hall–Kier alpha value is -2.41. The van der Waals surface area contributed by atoms with Crippen LogP contribution in [0, 0.1) is 5.92 Å². The number of hydrogen-bond acceptors (Lipinski definition) is 5. The summed E-state index contributed by atoms with van der Waals surface area (Å²) in [5, 5.41) is 4.19. The molecule has 146 valence electrons. The number of ether oxygens (including phenoxy) is 1. The summed E-state index contributed by atoms with van der Waals surface area (Å²) in [5.74, 6) is 1.36. The van der Waals surface area contributed by atoms with Gasteiger partial charge in [-0.05, 0) is 42.9 Å². The van der Waals surface area contributed by atoms with Crippen molar-refractivity contribution in [3.8, 4) is 0 Å². The topological polar surface area (TPSA) is 63.5 Å². The Morgan fingerprint density at radius 3 is 2.89 bits per heavy atom. The fourth-order valence-electron chi connectivity index (χ4n) is 3.55. The number of amides is 1. The summed E-state index contributed by atoms with van der Waals surface area (Å²) in [6.07, 6.45) is 8.66. The molecule has 0 spiro atoms. The zero-order valence-corrected chi connectivity index (χ0v) is 16.5. The number of hydrogen-bond donors (Lipinski definition) is 0. The number of methoxy groups -OCH3 is 1. The Morgan fingerprint density at radius 2 is 2.22 bits per heavy atom. The standard InChI is InChI=1S/C20H29N5O2/c1-23(10-8-16-11-22-24(2)13-16)19-7-6-18(12-21-19)20(26)25-9-4-5-17(14-25)15-27-3/h6-7,11-13,17H,4-5,8-10,14-15H2,1-3H3. The Kier molecular flexibility index (Phi) is 6.45. The van der Waals surface area contributed by atoms with E-state index >= 15 is 0 Å². The molecule has 3 rings (SSSR count). The van der Waals surface area contributed by atoms with Crippen LogP contribution in [0.25, 0.3) is 0 Å². The number of piperidine rings is 1. The highest BCUT2D eigenvalue weighted by Gasteiger charge is 2.24. The van der Waals surface area contributed by atoms with Crippen molar-refractivity contribution in [1.82, 2.24) is 19.7 Å². The summed E-state index contributed by atoms with van der Waals surface area (Å²) in [5.41, 5.74) is 1.85. The molecule has 0 saturated carbocycles. The quantitative estimate of drug-likeness (QED) is 0.745. The van der Waals surface area contributed by atoms with Crippen molar-refractivity contribution >= 4 is 11.7 Å². The Balaban J connectivity index is 1.56. The van der Waals surface area contributed by atoms with E-state index in [1.165, 1.54) is 5.56 Å². The molecule has 0 aliphatic carbocycles. The smallest absolute Gasteiger partial charge is 0.255 e. The summed E-state index contributed by atoms with van der Waals surface area (Å²) in [6.45, 7) is 3.13. The first-order valence-electron chi connectivity index (χ1n) is 9.49. The van der Waals surface area contributed by atoms with Crippen LogP contribution in [0.15, 0.2) is 30.7 Å². The van der Waals surface area contributed by atoms with Crippen molar-refractivity contribution in [2.75, 3.05) is 45.3 Å². The monoisotopic (exact) mass is 371 g/mol. The van der Waals surface area contributed by atoms with Gasteiger partial charge in [0.1, 0.15) is 5.82 Å². The first-order chi connectivity index (χ1) is 13.1. The molecule has 0 radical (unpaired) electrons. The molecule has 1 aliphatic heterocycles. The number of likely N-dealkylation sites (tertiary alicyclic amines) is 1. The number of aryl methyl sites for hydroxylation is 1. The lowest BCUT2D eigenvalue weighted by Crippen LogP contribution is -2.41. The molecule has 7 nitrogen and oxygen atoms in total. The lowest BCUT2D eigenvalue weighted by molar-refractivity contribution is 0.0570. The predicted octanol–water partition coefficient (Wildman–Crippen LogP) is 1.99. The van der Waals surface area contributed by atoms with Crippen LogP contribution in [0.3, 0.4) is 0 Å². The van der Waals surface area contributed by atoms with E-state index < -0.39 is 0 Å². The van der Waals surface area contributed by atoms with Crippen molar-refractivity contribution < 1.29 is 9.53 Å². The maximum atomic E-state index is 12.8. The van der Waals surface area contributed by atoms with E-state index in [4.69, 9.17) is 4.74 Å². The second-order valence-electron chi connectivity index (χ2n) is 7.31. The highest BCUT2D eigenvalue weighted by Crippen LogP contribution is 2.19. The number of rotatable bonds is 7. The molecule has 3 heterocycles. The van der Waals surface area contributed by atoms with Gasteiger partial charge in [-0.25, -0.2) is 4.98 Å². The van der Waals surface area contributed by atoms with Crippen LogP contribution < -0.4 is 4.90 Å². The summed E-state index contributed by atoms with van der Waals surface area (Å²) in [7, 11) is 5.65. The van der Waals surface area contributed by atoms with Crippen LogP contribution in [0.5, 0.6) is 0 Å². The van der Waals surface area contributed by atoms with E-state index in [-0.39, 0.29) is 5.91 Å². The molecule has 1 saturated heterocycles. The average Bonchev–Trinajstić information content (AvgIpc) is 3.11. The van der Waals surface area contributed by atoms with Gasteiger partial charge in [-0.2, -0.15) is 5.10 Å². The molecule has 1 unspecified atom stereocenters. The van der Waals surface area contributed by atoms with Gasteiger partial charge in [0.25, 0.3) is 5.91 Å². The number of anilines is 1. The van der Waals surface area contributed by atoms with Crippen LogP contribution in [-0.2, 0) is 18.2 Å². The second kappa shape index (κ2) is 8.99. The van der Waals surface area contributed by atoms with Gasteiger partial charge in [0.15, 0.2) is 0 Å². The van der Waals surface area contributed by atoms with E-state index in [0.29, 0.717) is 18.1 Å². The van der Waals surface area contributed by atoms with Crippen molar-refractivity contribution in [3.63, 3.8) is 0 Å². The van der Waals surface area contributed by atoms with Crippen LogP contribution in [0.4, 0.5) is 5.82 Å². The molecule has 27 heavy (non-hydrogen) atoms. The van der Waals surface area contributed by atoms with Gasteiger partial charge in [-0.15, -0.1) is 0 Å². The Morgan fingerprint density at radius 1 is 1.37 bits per heavy atom. The fraction of sp³-hybridized carbons (Fsp3) is 0.550. The van der Waals surface area contributed by atoms with Gasteiger partial charge in [0, 0.05) is 53.2 Å². The van der Waals surface area contributed by atoms with Crippen LogP contribution in [-0.4, -0.2) is 66.0 Å². The molecule has 7 heteroatoms. The molecule has 0 aromatic carbocycles. The number of pyridine rings is 1. The minimum absolute atomic E-state index is 0.0628. The van der Waals surface area contributed by atoms with Gasteiger partial charge in [0.05, 0.1) is 18.4 Å². The average molecular weight is 371 g/mol. The van der Waals surface area contributed by atoms with E-state index in [1.54, 1.807) is 13.3 Å². The fourth-order valence-corrected chi connectivity index (χ4v) is 3.55. The minimum Gasteiger partial charge on any atom is -0.384 e. The largest absolute Gasteiger partial charge is 0.384 e. The summed E-state index contributed by atoms with van der Waals surface area (Å²) in [6, 6.07) is 3.80. The maximum absolute atomic E-state index is 12.8. The van der Waals surface area contributed by atoms with E-state index in [1.807, 2.05) is 48.2 Å². The van der Waals surface area contributed by atoms with Gasteiger partial charge in [-0.1, -0.05) is 0 Å². The number of aromatic nitrogens is 3. The van der Waals surface area contributed by atoms with Gasteiger partial charge >= 0.3 is 0 Å². The van der Waals surface area contributed by atoms with Gasteiger partial charge in [0.2, 0.25) is 0 Å². The molecule has 1 aliphatic rings. The summed E-state index contributed by atoms with van der Waals surface area (Å²) < 4.78 is 7.06. The zero-order chi connectivity index (χ0) is 19.2. The third-order valence-electron chi connectivity index (χ3n) is 5.09. The minimum atomic E-state index is 0.0628. The molecule has 2 aromatic heterocycles. The number of carbonyl (C=O) groups is 1. The van der Waals surface area contributed by atoms with Crippen LogP contribution in [0.2, 0.25) is 0 Å². The highest BCUT2D eigenvalue weighted by atomic mass is 16.5. The Labute approximate surface area is 160 Å². The lowest BCUT2D eigenvalue weighted by atomic mass is 9.98. The second-order valence-corrected chi connectivity index (χ2v) is 7.31. The lowest BCUT2D eigenvalue weighted by Gasteiger charge is -2.32. The van der Waals surface area contributed by atoms with E-state index in [2.05, 4.69) is 15.0 Å². The van der Waals surface area contributed by atoms with E-state index in [0.717, 1.165) is 44.7 Å². The highest BCUT2D eigenvalue weighted by molar-refractivity contribution is 5.94. The third-order valence-corrected chi connectivity index (χ3v) is 5.09. The molecule has 1 atom stereocenters. The number of likely N-dealkylation sites (N-methyl/N-ethyl adjacent to an activating group) is 1. The summed E-state index contributed by atoms with van der Waals surface area (Å²) in [4.78, 5) is 21.3. The normalized spacial score (nSPS) is 17.1. The summed E-state index contributed by atoms with van der Waals surface area (Å²) >= 11 is 0. The van der Waals surface area contributed by atoms with Crippen molar-refractivity contribution in [1.29, 1.82) is 0 Å². The maximum Gasteiger partial charge on any atom is 0.255 e. The first-order valence-corrected chi connectivity index (χ1v) is 9.49. The Bertz CT molecular complexity index is 741. The molecular formula is C20H29N5O2. The van der Waals surface area contributed by atoms with Gasteiger partial charge < -0.3 is 14.5 Å². The van der Waals surface area contributed by atoms with E-state index in [9.17, 15) is 4.79 Å². The molecular weight excluding hydrogens is 342 g/mol. The number of nitrogens with zero attached hydrogens (tertiary/aromatic N) is 5. The molecule has 0 bridgehead atoms. The molecule has 2 aromatic rings. The SMILES string of the molecule is COCC1CCCN(C(=O)c2ccc(N(C)CCc3cnn(C)c3)nc2)C1. The molecule has 1 fully saturated rings. The van der Waals surface area contributed by atoms with Crippen molar-refractivity contribution in [2.45, 2.75) is 19.3 Å². The molecule has 1 amide bonds. The van der Waals surface area contributed by atoms with Crippen molar-refractivity contribution in [2.24, 2.45) is 13.0 Å². The number of carbonyl (C=O) groups excluding carboxylic acids is 1.